The standard InChI is InChI=1S/C11H21N5/c1-10(2,3)8-6-4-5-7-11(8,12)9-13-15-16-14-9/h8H,4-7,12H2,1-3H3,(H,13,14,15,16). The minimum atomic E-state index is -0.413. The fourth-order valence-corrected chi connectivity index (χ4v) is 3.03. The molecule has 1 fully saturated rings. The number of H-pyrrole nitrogens is 1. The molecule has 0 aliphatic heterocycles. The van der Waals surface area contributed by atoms with E-state index in [-0.39, 0.29) is 5.41 Å². The van der Waals surface area contributed by atoms with E-state index in [1.807, 2.05) is 0 Å². The minimum Gasteiger partial charge on any atom is -0.318 e. The van der Waals surface area contributed by atoms with E-state index in [9.17, 15) is 0 Å². The Labute approximate surface area is 96.2 Å². The fourth-order valence-electron chi connectivity index (χ4n) is 3.03. The van der Waals surface area contributed by atoms with Gasteiger partial charge in [0.15, 0.2) is 5.82 Å². The summed E-state index contributed by atoms with van der Waals surface area (Å²) in [6, 6.07) is 0. The van der Waals surface area contributed by atoms with E-state index in [0.29, 0.717) is 11.7 Å². The monoisotopic (exact) mass is 223 g/mol. The number of hydrogen-bond acceptors (Lipinski definition) is 4. The average Bonchev–Trinajstić information content (AvgIpc) is 2.69. The maximum Gasteiger partial charge on any atom is 0.194 e. The van der Waals surface area contributed by atoms with Crippen molar-refractivity contribution in [1.82, 2.24) is 20.6 Å². The maximum absolute atomic E-state index is 6.57. The highest BCUT2D eigenvalue weighted by molar-refractivity contribution is 5.09. The molecule has 0 spiro atoms. The molecular weight excluding hydrogens is 202 g/mol. The molecule has 0 amide bonds. The molecule has 1 aliphatic carbocycles. The molecule has 0 aromatic carbocycles. The first-order valence-electron chi connectivity index (χ1n) is 5.97. The molecule has 1 aromatic rings. The molecule has 1 aliphatic rings. The summed E-state index contributed by atoms with van der Waals surface area (Å²) in [6.45, 7) is 6.72. The van der Waals surface area contributed by atoms with Crippen LogP contribution in [0.5, 0.6) is 0 Å². The lowest BCUT2D eigenvalue weighted by molar-refractivity contribution is 0.0716. The van der Waals surface area contributed by atoms with Crippen molar-refractivity contribution in [1.29, 1.82) is 0 Å². The van der Waals surface area contributed by atoms with Gasteiger partial charge < -0.3 is 5.73 Å². The van der Waals surface area contributed by atoms with Crippen LogP contribution in [0.2, 0.25) is 0 Å². The molecule has 90 valence electrons. The zero-order valence-corrected chi connectivity index (χ0v) is 10.3. The summed E-state index contributed by atoms with van der Waals surface area (Å²) in [5, 5.41) is 14.4. The third-order valence-corrected chi connectivity index (χ3v) is 3.76. The van der Waals surface area contributed by atoms with Crippen LogP contribution >= 0.6 is 0 Å². The Kier molecular flexibility index (Phi) is 2.74. The quantitative estimate of drug-likeness (QED) is 0.757. The molecule has 1 saturated carbocycles. The molecule has 0 saturated heterocycles. The number of nitrogens with one attached hydrogen (secondary N) is 1. The average molecular weight is 223 g/mol. The summed E-state index contributed by atoms with van der Waals surface area (Å²) in [5.41, 5.74) is 6.33. The van der Waals surface area contributed by atoms with Crippen LogP contribution in [0.25, 0.3) is 0 Å². The van der Waals surface area contributed by atoms with E-state index in [1.54, 1.807) is 0 Å². The van der Waals surface area contributed by atoms with Crippen molar-refractivity contribution in [3.05, 3.63) is 5.82 Å². The first-order valence-corrected chi connectivity index (χ1v) is 5.97. The van der Waals surface area contributed by atoms with Gasteiger partial charge in [0.2, 0.25) is 0 Å². The zero-order chi connectivity index (χ0) is 11.8. The Balaban J connectivity index is 2.35. The highest BCUT2D eigenvalue weighted by atomic mass is 15.5. The Morgan fingerprint density at radius 1 is 1.38 bits per heavy atom. The molecule has 1 aromatic heterocycles. The lowest BCUT2D eigenvalue weighted by Crippen LogP contribution is -2.52. The number of rotatable bonds is 1. The summed E-state index contributed by atoms with van der Waals surface area (Å²) in [7, 11) is 0. The van der Waals surface area contributed by atoms with Crippen LogP contribution in [-0.2, 0) is 5.54 Å². The highest BCUT2D eigenvalue weighted by Crippen LogP contribution is 2.46. The minimum absolute atomic E-state index is 0.176. The predicted molar refractivity (Wildman–Crippen MR) is 61.5 cm³/mol. The molecule has 1 heterocycles. The van der Waals surface area contributed by atoms with E-state index in [0.717, 1.165) is 19.3 Å². The second kappa shape index (κ2) is 3.80. The molecule has 5 nitrogen and oxygen atoms in total. The predicted octanol–water partition coefficient (Wildman–Crippen LogP) is 1.59. The van der Waals surface area contributed by atoms with Gasteiger partial charge in [-0.3, -0.25) is 0 Å². The molecule has 2 atom stereocenters. The van der Waals surface area contributed by atoms with E-state index in [1.165, 1.54) is 6.42 Å². The van der Waals surface area contributed by atoms with Crippen LogP contribution in [0.15, 0.2) is 0 Å². The highest BCUT2D eigenvalue weighted by Gasteiger charge is 2.47. The third kappa shape index (κ3) is 1.84. The van der Waals surface area contributed by atoms with Crippen LogP contribution < -0.4 is 5.73 Å². The van der Waals surface area contributed by atoms with Crippen LogP contribution in [0.4, 0.5) is 0 Å². The van der Waals surface area contributed by atoms with Crippen molar-refractivity contribution in [2.24, 2.45) is 17.1 Å². The maximum atomic E-state index is 6.57. The second-order valence-electron chi connectivity index (χ2n) is 5.94. The fraction of sp³-hybridized carbons (Fsp3) is 0.909. The van der Waals surface area contributed by atoms with Crippen molar-refractivity contribution in [2.45, 2.75) is 52.0 Å². The van der Waals surface area contributed by atoms with Gasteiger partial charge >= 0.3 is 0 Å². The summed E-state index contributed by atoms with van der Waals surface area (Å²) in [4.78, 5) is 0. The molecule has 0 bridgehead atoms. The number of nitrogens with two attached hydrogens (primary N) is 1. The van der Waals surface area contributed by atoms with Crippen molar-refractivity contribution < 1.29 is 0 Å². The largest absolute Gasteiger partial charge is 0.318 e. The lowest BCUT2D eigenvalue weighted by atomic mass is 9.62. The Hall–Kier alpha value is -0.970. The number of nitrogens with zero attached hydrogens (tertiary/aromatic N) is 3. The molecule has 0 radical (unpaired) electrons. The Morgan fingerprint density at radius 2 is 2.12 bits per heavy atom. The SMILES string of the molecule is CC(C)(C)C1CCCCC1(N)c1nn[nH]n1. The number of hydrogen-bond donors (Lipinski definition) is 2. The first-order chi connectivity index (χ1) is 7.44. The molecule has 2 unspecified atom stereocenters. The van der Waals surface area contributed by atoms with E-state index in [4.69, 9.17) is 5.73 Å². The first kappa shape index (κ1) is 11.5. The van der Waals surface area contributed by atoms with Gasteiger partial charge in [-0.2, -0.15) is 5.21 Å². The molecule has 2 rings (SSSR count). The van der Waals surface area contributed by atoms with Gasteiger partial charge in [-0.05, 0) is 24.2 Å². The number of tetrazole rings is 1. The normalized spacial score (nSPS) is 31.6. The summed E-state index contributed by atoms with van der Waals surface area (Å²) in [6.07, 6.45) is 4.50. The Morgan fingerprint density at radius 3 is 2.69 bits per heavy atom. The molecule has 3 N–H and O–H groups in total. The summed E-state index contributed by atoms with van der Waals surface area (Å²) >= 11 is 0. The van der Waals surface area contributed by atoms with Gasteiger partial charge in [0.1, 0.15) is 0 Å². The summed E-state index contributed by atoms with van der Waals surface area (Å²) < 4.78 is 0. The third-order valence-electron chi connectivity index (χ3n) is 3.76. The van der Waals surface area contributed by atoms with Gasteiger partial charge in [0.25, 0.3) is 0 Å². The van der Waals surface area contributed by atoms with Gasteiger partial charge in [0.05, 0.1) is 5.54 Å². The van der Waals surface area contributed by atoms with Crippen LogP contribution in [0, 0.1) is 11.3 Å². The molecular formula is C11H21N5. The van der Waals surface area contributed by atoms with Crippen LogP contribution in [0.1, 0.15) is 52.3 Å². The van der Waals surface area contributed by atoms with Crippen molar-refractivity contribution in [3.8, 4) is 0 Å². The van der Waals surface area contributed by atoms with Crippen LogP contribution in [-0.4, -0.2) is 20.6 Å². The molecule has 5 heteroatoms. The van der Waals surface area contributed by atoms with E-state index < -0.39 is 5.54 Å². The smallest absolute Gasteiger partial charge is 0.194 e. The van der Waals surface area contributed by atoms with E-state index >= 15 is 0 Å². The number of aromatic amines is 1. The van der Waals surface area contributed by atoms with Gasteiger partial charge in [0, 0.05) is 0 Å². The van der Waals surface area contributed by atoms with Crippen molar-refractivity contribution in [2.75, 3.05) is 0 Å². The number of aromatic nitrogens is 4. The van der Waals surface area contributed by atoms with Crippen LogP contribution in [0.3, 0.4) is 0 Å². The van der Waals surface area contributed by atoms with Gasteiger partial charge in [-0.15, -0.1) is 10.2 Å². The zero-order valence-electron chi connectivity index (χ0n) is 10.3. The second-order valence-corrected chi connectivity index (χ2v) is 5.94. The lowest BCUT2D eigenvalue weighted by Gasteiger charge is -2.46. The molecule has 16 heavy (non-hydrogen) atoms. The Bertz CT molecular complexity index is 340. The summed E-state index contributed by atoms with van der Waals surface area (Å²) in [5.74, 6) is 1.08. The van der Waals surface area contributed by atoms with E-state index in [2.05, 4.69) is 41.4 Å². The van der Waals surface area contributed by atoms with Crippen molar-refractivity contribution in [3.63, 3.8) is 0 Å². The van der Waals surface area contributed by atoms with Crippen molar-refractivity contribution >= 4 is 0 Å². The van der Waals surface area contributed by atoms with Gasteiger partial charge in [-0.25, -0.2) is 0 Å². The van der Waals surface area contributed by atoms with Gasteiger partial charge in [-0.1, -0.05) is 38.8 Å². The topological polar surface area (TPSA) is 80.5 Å².